The summed E-state index contributed by atoms with van der Waals surface area (Å²) >= 11 is 6.00. The molecule has 0 saturated heterocycles. The molecule has 1 heterocycles. The van der Waals surface area contributed by atoms with Gasteiger partial charge in [-0.25, -0.2) is 4.39 Å². The van der Waals surface area contributed by atoms with Crippen molar-refractivity contribution in [2.24, 2.45) is 5.41 Å². The molecule has 5 nitrogen and oxygen atoms in total. The molecular formula is C30H31FN4OS. The molecule has 0 saturated carbocycles. The smallest absolute Gasteiger partial charge is 0.178 e. The van der Waals surface area contributed by atoms with Crippen molar-refractivity contribution in [1.82, 2.24) is 0 Å². The summed E-state index contributed by atoms with van der Waals surface area (Å²) < 4.78 is 13.6. The third-order valence-electron chi connectivity index (χ3n) is 6.94. The fourth-order valence-electron chi connectivity index (χ4n) is 5.20. The summed E-state index contributed by atoms with van der Waals surface area (Å²) in [6, 6.07) is 21.9. The number of ketones is 1. The van der Waals surface area contributed by atoms with Crippen LogP contribution >= 0.6 is 12.2 Å². The van der Waals surface area contributed by atoms with Crippen LogP contribution in [0.5, 0.6) is 0 Å². The number of carbonyl (C=O) groups excluding carboxylic acids is 1. The van der Waals surface area contributed by atoms with Crippen LogP contribution in [0.15, 0.2) is 84.1 Å². The minimum atomic E-state index is -0.439. The van der Waals surface area contributed by atoms with Gasteiger partial charge in [-0.05, 0) is 78.1 Å². The van der Waals surface area contributed by atoms with Crippen molar-refractivity contribution in [3.05, 3.63) is 95.4 Å². The molecule has 0 spiro atoms. The summed E-state index contributed by atoms with van der Waals surface area (Å²) in [5.74, 6) is -0.201. The second kappa shape index (κ2) is 9.63. The summed E-state index contributed by atoms with van der Waals surface area (Å²) in [6.07, 6.45) is 1.21. The molecule has 0 unspecified atom stereocenters. The highest BCUT2D eigenvalue weighted by molar-refractivity contribution is 7.80. The first-order chi connectivity index (χ1) is 17.6. The number of nitrogens with zero attached hydrogens (tertiary/aromatic N) is 2. The van der Waals surface area contributed by atoms with Crippen LogP contribution in [0.25, 0.3) is 0 Å². The maximum absolute atomic E-state index is 13.8. The number of nitrogens with one attached hydrogen (secondary N) is 2. The van der Waals surface area contributed by atoms with Crippen LogP contribution in [0.2, 0.25) is 0 Å². The maximum Gasteiger partial charge on any atom is 0.178 e. The summed E-state index contributed by atoms with van der Waals surface area (Å²) in [7, 11) is 4.00. The maximum atomic E-state index is 13.8. The Bertz CT molecular complexity index is 1380. The Labute approximate surface area is 223 Å². The number of hydrogen-bond donors (Lipinski definition) is 2. The molecule has 0 radical (unpaired) electrons. The molecule has 0 fully saturated rings. The van der Waals surface area contributed by atoms with Gasteiger partial charge in [-0.2, -0.15) is 0 Å². The van der Waals surface area contributed by atoms with Crippen LogP contribution < -0.4 is 20.4 Å². The number of Topliss-reactive ketones (excluding diaryl/α,β-unsaturated/α-hetero) is 1. The Kier molecular flexibility index (Phi) is 6.50. The number of rotatable bonds is 3. The minimum Gasteiger partial charge on any atom is -0.378 e. The molecule has 0 aromatic heterocycles. The van der Waals surface area contributed by atoms with E-state index in [0.717, 1.165) is 40.3 Å². The molecule has 0 bridgehead atoms. The van der Waals surface area contributed by atoms with E-state index in [4.69, 9.17) is 12.2 Å². The Morgan fingerprint density at radius 2 is 1.70 bits per heavy atom. The summed E-state index contributed by atoms with van der Waals surface area (Å²) in [4.78, 5) is 17.9. The quantitative estimate of drug-likeness (QED) is 0.371. The molecule has 1 aliphatic carbocycles. The van der Waals surface area contributed by atoms with E-state index >= 15 is 0 Å². The molecule has 2 aliphatic rings. The average molecular weight is 515 g/mol. The van der Waals surface area contributed by atoms with Crippen LogP contribution in [0.1, 0.15) is 38.3 Å². The van der Waals surface area contributed by atoms with Crippen molar-refractivity contribution >= 4 is 45.9 Å². The summed E-state index contributed by atoms with van der Waals surface area (Å²) in [5, 5.41) is 7.31. The molecule has 7 heteroatoms. The van der Waals surface area contributed by atoms with Crippen molar-refractivity contribution in [2.75, 3.05) is 34.5 Å². The SMILES string of the molecule is CN(C)c1ccc([C@@H]2C3=C(CC(C)(C)CC3=O)Nc3ccccc3N2C(=S)Nc2ccc(F)cc2)cc1. The molecule has 3 aromatic carbocycles. The molecule has 0 amide bonds. The summed E-state index contributed by atoms with van der Waals surface area (Å²) in [5.41, 5.74) is 5.97. The topological polar surface area (TPSA) is 47.6 Å². The molecule has 1 aliphatic heterocycles. The molecular weight excluding hydrogens is 483 g/mol. The number of allylic oxidation sites excluding steroid dienone is 1. The normalized spacial score (nSPS) is 18.4. The van der Waals surface area contributed by atoms with Gasteiger partial charge in [0.05, 0.1) is 17.4 Å². The van der Waals surface area contributed by atoms with E-state index in [1.54, 1.807) is 12.1 Å². The third kappa shape index (κ3) is 4.96. The third-order valence-corrected chi connectivity index (χ3v) is 7.24. The van der Waals surface area contributed by atoms with Crippen LogP contribution in [0.3, 0.4) is 0 Å². The van der Waals surface area contributed by atoms with E-state index in [0.29, 0.717) is 17.2 Å². The highest BCUT2D eigenvalue weighted by Crippen LogP contribution is 2.48. The summed E-state index contributed by atoms with van der Waals surface area (Å²) in [6.45, 7) is 4.26. The zero-order chi connectivity index (χ0) is 26.3. The Morgan fingerprint density at radius 1 is 1.03 bits per heavy atom. The monoisotopic (exact) mass is 514 g/mol. The first kappa shape index (κ1) is 25.0. The van der Waals surface area contributed by atoms with E-state index < -0.39 is 6.04 Å². The predicted molar refractivity (Wildman–Crippen MR) is 154 cm³/mol. The van der Waals surface area contributed by atoms with E-state index in [1.165, 1.54) is 12.1 Å². The lowest BCUT2D eigenvalue weighted by Crippen LogP contribution is -2.41. The number of halogens is 1. The van der Waals surface area contributed by atoms with Gasteiger partial charge in [0, 0.05) is 43.2 Å². The Balaban J connectivity index is 1.70. The second-order valence-electron chi connectivity index (χ2n) is 10.7. The van der Waals surface area contributed by atoms with Crippen molar-refractivity contribution in [2.45, 2.75) is 32.7 Å². The highest BCUT2D eigenvalue weighted by atomic mass is 32.1. The van der Waals surface area contributed by atoms with Gasteiger partial charge in [0.2, 0.25) is 0 Å². The van der Waals surface area contributed by atoms with Gasteiger partial charge in [0.15, 0.2) is 10.9 Å². The minimum absolute atomic E-state index is 0.114. The van der Waals surface area contributed by atoms with E-state index in [1.807, 2.05) is 48.2 Å². The van der Waals surface area contributed by atoms with Crippen molar-refractivity contribution in [1.29, 1.82) is 0 Å². The zero-order valence-corrected chi connectivity index (χ0v) is 22.3. The highest BCUT2D eigenvalue weighted by Gasteiger charge is 2.42. The van der Waals surface area contributed by atoms with Gasteiger partial charge in [0.25, 0.3) is 0 Å². The van der Waals surface area contributed by atoms with Crippen LogP contribution in [0, 0.1) is 11.2 Å². The van der Waals surface area contributed by atoms with Gasteiger partial charge < -0.3 is 20.4 Å². The Morgan fingerprint density at radius 3 is 2.38 bits per heavy atom. The first-order valence-electron chi connectivity index (χ1n) is 12.4. The van der Waals surface area contributed by atoms with Gasteiger partial charge in [-0.3, -0.25) is 4.79 Å². The van der Waals surface area contributed by atoms with Crippen LogP contribution in [-0.4, -0.2) is 25.0 Å². The zero-order valence-electron chi connectivity index (χ0n) is 21.5. The van der Waals surface area contributed by atoms with E-state index in [-0.39, 0.29) is 17.0 Å². The Hall–Kier alpha value is -3.71. The first-order valence-corrected chi connectivity index (χ1v) is 12.8. The number of benzene rings is 3. The van der Waals surface area contributed by atoms with Crippen molar-refractivity contribution in [3.63, 3.8) is 0 Å². The lowest BCUT2D eigenvalue weighted by Gasteiger charge is -2.38. The molecule has 2 N–H and O–H groups in total. The van der Waals surface area contributed by atoms with Gasteiger partial charge in [-0.15, -0.1) is 0 Å². The van der Waals surface area contributed by atoms with Crippen LogP contribution in [0.4, 0.5) is 27.1 Å². The molecule has 5 rings (SSSR count). The van der Waals surface area contributed by atoms with Gasteiger partial charge >= 0.3 is 0 Å². The number of anilines is 4. The molecule has 190 valence electrons. The van der Waals surface area contributed by atoms with Crippen molar-refractivity contribution < 1.29 is 9.18 Å². The molecule has 3 aromatic rings. The van der Waals surface area contributed by atoms with Crippen LogP contribution in [-0.2, 0) is 4.79 Å². The van der Waals surface area contributed by atoms with E-state index in [9.17, 15) is 9.18 Å². The van der Waals surface area contributed by atoms with E-state index in [2.05, 4.69) is 48.7 Å². The van der Waals surface area contributed by atoms with Crippen molar-refractivity contribution in [3.8, 4) is 0 Å². The molecule has 37 heavy (non-hydrogen) atoms. The fraction of sp³-hybridized carbons (Fsp3) is 0.267. The fourth-order valence-corrected chi connectivity index (χ4v) is 5.52. The van der Waals surface area contributed by atoms with Gasteiger partial charge in [-0.1, -0.05) is 38.1 Å². The number of thiocarbonyl (C=S) groups is 1. The predicted octanol–water partition coefficient (Wildman–Crippen LogP) is 6.91. The lowest BCUT2D eigenvalue weighted by molar-refractivity contribution is -0.118. The number of carbonyl (C=O) groups is 1. The average Bonchev–Trinajstić information content (AvgIpc) is 2.99. The second-order valence-corrected chi connectivity index (χ2v) is 11.1. The largest absolute Gasteiger partial charge is 0.378 e. The number of para-hydroxylation sites is 2. The lowest BCUT2D eigenvalue weighted by atomic mass is 9.73. The standard InChI is InChI=1S/C30H31FN4OS/c1-30(2)17-24-27(26(36)18-30)28(19-9-15-22(16-10-19)34(3)4)35(25-8-6-5-7-23(25)33-24)29(37)32-21-13-11-20(31)12-14-21/h5-16,28,33H,17-18H2,1-4H3,(H,32,37)/t28-/m1/s1. The number of fused-ring (bicyclic) bond motifs is 1. The molecule has 1 atom stereocenters. The number of hydrogen-bond acceptors (Lipinski definition) is 4. The van der Waals surface area contributed by atoms with Gasteiger partial charge in [0.1, 0.15) is 5.82 Å².